The molecule has 5 heteroatoms. The summed E-state index contributed by atoms with van der Waals surface area (Å²) in [5.74, 6) is 1.79. The lowest BCUT2D eigenvalue weighted by atomic mass is 9.79. The number of nitrogens with one attached hydrogen (secondary N) is 1. The van der Waals surface area contributed by atoms with Crippen molar-refractivity contribution in [3.8, 4) is 17.2 Å². The van der Waals surface area contributed by atoms with Crippen LogP contribution in [0.2, 0.25) is 0 Å². The van der Waals surface area contributed by atoms with Gasteiger partial charge in [-0.1, -0.05) is 12.1 Å². The van der Waals surface area contributed by atoms with Gasteiger partial charge >= 0.3 is 0 Å². The van der Waals surface area contributed by atoms with E-state index in [1.54, 1.807) is 26.4 Å². The quantitative estimate of drug-likeness (QED) is 0.634. The van der Waals surface area contributed by atoms with E-state index in [-0.39, 0.29) is 11.7 Å². The average Bonchev–Trinajstić information content (AvgIpc) is 2.78. The van der Waals surface area contributed by atoms with Crippen molar-refractivity contribution in [2.45, 2.75) is 25.2 Å². The fourth-order valence-electron chi connectivity index (χ4n) is 4.06. The van der Waals surface area contributed by atoms with Gasteiger partial charge in [-0.15, -0.1) is 0 Å². The molecule has 154 valence electrons. The zero-order chi connectivity index (χ0) is 21.1. The first-order chi connectivity index (χ1) is 14.6. The SMILES string of the molecule is COc1ccc2c(c1)CCC(c1ccc(OC)cc1NC(=O)c1ccc(O)cc1)C2. The van der Waals surface area contributed by atoms with Crippen LogP contribution in [0.15, 0.2) is 60.7 Å². The smallest absolute Gasteiger partial charge is 0.255 e. The summed E-state index contributed by atoms with van der Waals surface area (Å²) >= 11 is 0. The van der Waals surface area contributed by atoms with Gasteiger partial charge in [0, 0.05) is 17.3 Å². The average molecular weight is 403 g/mol. The van der Waals surface area contributed by atoms with E-state index in [0.29, 0.717) is 17.2 Å². The Morgan fingerprint density at radius 2 is 1.63 bits per heavy atom. The van der Waals surface area contributed by atoms with Crippen molar-refractivity contribution < 1.29 is 19.4 Å². The third-order valence-corrected chi connectivity index (χ3v) is 5.72. The molecule has 0 aromatic heterocycles. The number of carbonyl (C=O) groups is 1. The lowest BCUT2D eigenvalue weighted by molar-refractivity contribution is 0.102. The Hall–Kier alpha value is -3.47. The molecule has 2 N–H and O–H groups in total. The summed E-state index contributed by atoms with van der Waals surface area (Å²) < 4.78 is 10.7. The number of phenols is 1. The van der Waals surface area contributed by atoms with Crippen LogP contribution in [-0.4, -0.2) is 25.2 Å². The second-order valence-electron chi connectivity index (χ2n) is 7.53. The molecule has 1 aliphatic rings. The van der Waals surface area contributed by atoms with E-state index in [1.165, 1.54) is 23.3 Å². The van der Waals surface area contributed by atoms with E-state index in [4.69, 9.17) is 9.47 Å². The highest BCUT2D eigenvalue weighted by Gasteiger charge is 2.24. The molecule has 3 aromatic carbocycles. The highest BCUT2D eigenvalue weighted by Crippen LogP contribution is 2.38. The van der Waals surface area contributed by atoms with Crippen LogP contribution >= 0.6 is 0 Å². The van der Waals surface area contributed by atoms with Crippen molar-refractivity contribution in [2.75, 3.05) is 19.5 Å². The minimum atomic E-state index is -0.217. The topological polar surface area (TPSA) is 67.8 Å². The number of aryl methyl sites for hydroxylation is 1. The van der Waals surface area contributed by atoms with Gasteiger partial charge < -0.3 is 19.9 Å². The molecule has 0 bridgehead atoms. The zero-order valence-electron chi connectivity index (χ0n) is 17.1. The number of amides is 1. The Balaban J connectivity index is 1.61. The Kier molecular flexibility index (Phi) is 5.61. The number of aromatic hydroxyl groups is 1. The number of hydrogen-bond donors (Lipinski definition) is 2. The first-order valence-electron chi connectivity index (χ1n) is 10.0. The number of phenolic OH excluding ortho intramolecular Hbond substituents is 1. The normalized spacial score (nSPS) is 15.2. The van der Waals surface area contributed by atoms with E-state index in [2.05, 4.69) is 17.4 Å². The van der Waals surface area contributed by atoms with Crippen LogP contribution in [0, 0.1) is 0 Å². The van der Waals surface area contributed by atoms with E-state index in [0.717, 1.165) is 36.3 Å². The molecule has 1 unspecified atom stereocenters. The number of benzene rings is 3. The maximum Gasteiger partial charge on any atom is 0.255 e. The van der Waals surface area contributed by atoms with Crippen molar-refractivity contribution >= 4 is 11.6 Å². The van der Waals surface area contributed by atoms with Gasteiger partial charge in [0.2, 0.25) is 0 Å². The summed E-state index contributed by atoms with van der Waals surface area (Å²) in [5, 5.41) is 12.5. The lowest BCUT2D eigenvalue weighted by Gasteiger charge is -2.27. The summed E-state index contributed by atoms with van der Waals surface area (Å²) in [5.41, 5.74) is 4.99. The van der Waals surface area contributed by atoms with Crippen LogP contribution in [0.1, 0.15) is 39.4 Å². The molecular formula is C25H25NO4. The van der Waals surface area contributed by atoms with E-state index >= 15 is 0 Å². The van der Waals surface area contributed by atoms with Gasteiger partial charge in [-0.3, -0.25) is 4.79 Å². The van der Waals surface area contributed by atoms with Crippen LogP contribution in [-0.2, 0) is 12.8 Å². The molecule has 0 fully saturated rings. The first kappa shape index (κ1) is 19.8. The van der Waals surface area contributed by atoms with Crippen LogP contribution in [0.4, 0.5) is 5.69 Å². The molecule has 1 aliphatic carbocycles. The minimum absolute atomic E-state index is 0.131. The molecule has 0 saturated heterocycles. The van der Waals surface area contributed by atoms with Crippen LogP contribution < -0.4 is 14.8 Å². The first-order valence-corrected chi connectivity index (χ1v) is 10.0. The number of fused-ring (bicyclic) bond motifs is 1. The molecule has 0 spiro atoms. The molecule has 4 rings (SSSR count). The van der Waals surface area contributed by atoms with Crippen LogP contribution in [0.25, 0.3) is 0 Å². The largest absolute Gasteiger partial charge is 0.508 e. The van der Waals surface area contributed by atoms with Gasteiger partial charge in [-0.2, -0.15) is 0 Å². The fourth-order valence-corrected chi connectivity index (χ4v) is 4.06. The number of carbonyl (C=O) groups excluding carboxylic acids is 1. The molecule has 0 aliphatic heterocycles. The maximum absolute atomic E-state index is 12.8. The van der Waals surface area contributed by atoms with Crippen molar-refractivity contribution in [3.05, 3.63) is 82.9 Å². The summed E-state index contributed by atoms with van der Waals surface area (Å²) in [6.07, 6.45) is 2.87. The second kappa shape index (κ2) is 8.49. The lowest BCUT2D eigenvalue weighted by Crippen LogP contribution is -2.17. The molecule has 1 atom stereocenters. The van der Waals surface area contributed by atoms with Gasteiger partial charge in [0.1, 0.15) is 17.2 Å². The standard InChI is InChI=1S/C25H25NO4/c1-29-21-10-7-17-13-19(4-3-18(17)14-21)23-12-11-22(30-2)15-24(23)26-25(28)16-5-8-20(27)9-6-16/h5-12,14-15,19,27H,3-4,13H2,1-2H3,(H,26,28). The minimum Gasteiger partial charge on any atom is -0.508 e. The van der Waals surface area contributed by atoms with E-state index in [9.17, 15) is 9.90 Å². The summed E-state index contributed by atoms with van der Waals surface area (Å²) in [7, 11) is 3.30. The van der Waals surface area contributed by atoms with Gasteiger partial charge in [-0.05, 0) is 84.3 Å². The number of methoxy groups -OCH3 is 2. The Labute approximate surface area is 176 Å². The predicted octanol–water partition coefficient (Wildman–Crippen LogP) is 4.93. The van der Waals surface area contributed by atoms with Gasteiger partial charge in [-0.25, -0.2) is 0 Å². The van der Waals surface area contributed by atoms with Crippen molar-refractivity contribution in [1.82, 2.24) is 0 Å². The molecule has 0 saturated carbocycles. The van der Waals surface area contributed by atoms with Crippen LogP contribution in [0.5, 0.6) is 17.2 Å². The number of hydrogen-bond acceptors (Lipinski definition) is 4. The molecular weight excluding hydrogens is 378 g/mol. The predicted molar refractivity (Wildman–Crippen MR) is 117 cm³/mol. The molecule has 3 aromatic rings. The van der Waals surface area contributed by atoms with Gasteiger partial charge in [0.25, 0.3) is 5.91 Å². The molecule has 0 radical (unpaired) electrons. The van der Waals surface area contributed by atoms with Crippen molar-refractivity contribution in [3.63, 3.8) is 0 Å². The van der Waals surface area contributed by atoms with Crippen molar-refractivity contribution in [2.24, 2.45) is 0 Å². The number of rotatable bonds is 5. The fraction of sp³-hybridized carbons (Fsp3) is 0.240. The third-order valence-electron chi connectivity index (χ3n) is 5.72. The highest BCUT2D eigenvalue weighted by atomic mass is 16.5. The summed E-state index contributed by atoms with van der Waals surface area (Å²) in [6, 6.07) is 18.3. The van der Waals surface area contributed by atoms with Crippen molar-refractivity contribution in [1.29, 1.82) is 0 Å². The van der Waals surface area contributed by atoms with Gasteiger partial charge in [0.05, 0.1) is 14.2 Å². The van der Waals surface area contributed by atoms with E-state index in [1.807, 2.05) is 24.3 Å². The summed E-state index contributed by atoms with van der Waals surface area (Å²) in [4.78, 5) is 12.8. The zero-order valence-corrected chi connectivity index (χ0v) is 17.1. The van der Waals surface area contributed by atoms with Gasteiger partial charge in [0.15, 0.2) is 0 Å². The molecule has 1 amide bonds. The summed E-state index contributed by atoms with van der Waals surface area (Å²) in [6.45, 7) is 0. The van der Waals surface area contributed by atoms with Crippen LogP contribution in [0.3, 0.4) is 0 Å². The maximum atomic E-state index is 12.8. The molecule has 0 heterocycles. The third kappa shape index (κ3) is 4.10. The Morgan fingerprint density at radius 3 is 2.37 bits per heavy atom. The van der Waals surface area contributed by atoms with E-state index < -0.39 is 0 Å². The monoisotopic (exact) mass is 403 g/mol. The Morgan fingerprint density at radius 1 is 0.933 bits per heavy atom. The Bertz CT molecular complexity index is 1060. The number of ether oxygens (including phenoxy) is 2. The highest BCUT2D eigenvalue weighted by molar-refractivity contribution is 6.04. The molecule has 5 nitrogen and oxygen atoms in total. The second-order valence-corrected chi connectivity index (χ2v) is 7.53. The molecule has 30 heavy (non-hydrogen) atoms. The number of anilines is 1.